The molecule has 1 heterocycles. The molecule has 1 fully saturated rings. The van der Waals surface area contributed by atoms with Gasteiger partial charge in [-0.3, -0.25) is 0 Å². The molecule has 0 radical (unpaired) electrons. The van der Waals surface area contributed by atoms with Crippen LogP contribution in [0.1, 0.15) is 46.0 Å². The predicted octanol–water partition coefficient (Wildman–Crippen LogP) is 3.66. The average Bonchev–Trinajstić information content (AvgIpc) is 3.08. The van der Waals surface area contributed by atoms with Crippen LogP contribution in [0.4, 0.5) is 13.2 Å². The van der Waals surface area contributed by atoms with E-state index < -0.39 is 23.6 Å². The molecule has 1 aliphatic rings. The van der Waals surface area contributed by atoms with Crippen molar-refractivity contribution in [1.29, 1.82) is 0 Å². The van der Waals surface area contributed by atoms with Crippen LogP contribution >= 0.6 is 0 Å². The third kappa shape index (κ3) is 2.51. The Morgan fingerprint density at radius 1 is 1.24 bits per heavy atom. The molecule has 7 heteroatoms. The lowest BCUT2D eigenvalue weighted by Gasteiger charge is -2.00. The van der Waals surface area contributed by atoms with Gasteiger partial charge in [0.25, 0.3) is 0 Å². The van der Waals surface area contributed by atoms with E-state index in [1.54, 1.807) is 0 Å². The number of carbonyl (C=O) groups is 1. The summed E-state index contributed by atoms with van der Waals surface area (Å²) in [6, 6.07) is 9.26. The molecule has 2 unspecified atom stereocenters. The van der Waals surface area contributed by atoms with Gasteiger partial charge in [-0.15, -0.1) is 0 Å². The smallest absolute Gasteiger partial charge is 0.437 e. The fraction of sp³-hybridized carbons (Fsp3) is 0.286. The van der Waals surface area contributed by atoms with Gasteiger partial charge in [-0.1, -0.05) is 30.3 Å². The van der Waals surface area contributed by atoms with Crippen molar-refractivity contribution in [3.8, 4) is 0 Å². The number of nitrogens with zero attached hydrogens (tertiary/aromatic N) is 1. The average molecular weight is 297 g/mol. The van der Waals surface area contributed by atoms with Crippen molar-refractivity contribution in [1.82, 2.24) is 4.98 Å². The largest absolute Gasteiger partial charge is 0.475 e. The van der Waals surface area contributed by atoms with E-state index in [9.17, 15) is 18.0 Å². The Hall–Kier alpha value is -2.31. The Balaban J connectivity index is 1.90. The number of rotatable bonds is 3. The van der Waals surface area contributed by atoms with E-state index in [2.05, 4.69) is 4.98 Å². The van der Waals surface area contributed by atoms with E-state index in [1.807, 2.05) is 30.3 Å². The summed E-state index contributed by atoms with van der Waals surface area (Å²) in [7, 11) is 0. The first kappa shape index (κ1) is 13.7. The molecule has 0 saturated heterocycles. The van der Waals surface area contributed by atoms with Crippen molar-refractivity contribution in [2.24, 2.45) is 0 Å². The fourth-order valence-electron chi connectivity index (χ4n) is 2.37. The van der Waals surface area contributed by atoms with Crippen LogP contribution in [0.25, 0.3) is 0 Å². The molecule has 110 valence electrons. The van der Waals surface area contributed by atoms with Crippen molar-refractivity contribution in [2.75, 3.05) is 0 Å². The first-order valence-corrected chi connectivity index (χ1v) is 6.24. The number of carboxylic acid groups (broad SMARTS) is 1. The van der Waals surface area contributed by atoms with Gasteiger partial charge in [0, 0.05) is 5.92 Å². The number of aromatic carboxylic acids is 1. The fourth-order valence-corrected chi connectivity index (χ4v) is 2.37. The van der Waals surface area contributed by atoms with Crippen molar-refractivity contribution < 1.29 is 27.5 Å². The zero-order valence-corrected chi connectivity index (χ0v) is 10.6. The maximum atomic E-state index is 12.7. The molecule has 1 aromatic heterocycles. The van der Waals surface area contributed by atoms with Gasteiger partial charge >= 0.3 is 12.1 Å². The Morgan fingerprint density at radius 2 is 1.90 bits per heavy atom. The third-order valence-corrected chi connectivity index (χ3v) is 3.44. The van der Waals surface area contributed by atoms with Crippen LogP contribution in [0, 0.1) is 0 Å². The molecule has 0 aliphatic heterocycles. The SMILES string of the molecule is O=C(O)c1oc(C2CC2c2ccccc2)nc1C(F)(F)F. The lowest BCUT2D eigenvalue weighted by atomic mass is 10.1. The maximum absolute atomic E-state index is 12.7. The van der Waals surface area contributed by atoms with Gasteiger partial charge in [0.1, 0.15) is 0 Å². The monoisotopic (exact) mass is 297 g/mol. The van der Waals surface area contributed by atoms with Crippen molar-refractivity contribution in [3.63, 3.8) is 0 Å². The molecule has 1 aliphatic carbocycles. The van der Waals surface area contributed by atoms with Gasteiger partial charge in [0.2, 0.25) is 5.76 Å². The second-order valence-corrected chi connectivity index (χ2v) is 4.89. The van der Waals surface area contributed by atoms with Crippen LogP contribution < -0.4 is 0 Å². The van der Waals surface area contributed by atoms with Gasteiger partial charge in [0.05, 0.1) is 0 Å². The molecule has 1 saturated carbocycles. The molecular formula is C14H10F3NO3. The molecule has 2 atom stereocenters. The normalized spacial score (nSPS) is 21.3. The minimum atomic E-state index is -4.84. The summed E-state index contributed by atoms with van der Waals surface area (Å²) in [4.78, 5) is 14.2. The molecule has 1 N–H and O–H groups in total. The van der Waals surface area contributed by atoms with E-state index in [-0.39, 0.29) is 17.7 Å². The molecule has 3 rings (SSSR count). The van der Waals surface area contributed by atoms with Gasteiger partial charge in [-0.05, 0) is 17.9 Å². The first-order chi connectivity index (χ1) is 9.88. The van der Waals surface area contributed by atoms with Gasteiger partial charge in [-0.25, -0.2) is 9.78 Å². The number of alkyl halides is 3. The molecule has 2 aromatic rings. The number of halogens is 3. The van der Waals surface area contributed by atoms with E-state index >= 15 is 0 Å². The molecule has 4 nitrogen and oxygen atoms in total. The minimum absolute atomic E-state index is 0.0209. The van der Waals surface area contributed by atoms with E-state index in [0.29, 0.717) is 6.42 Å². The van der Waals surface area contributed by atoms with E-state index in [1.165, 1.54) is 0 Å². The zero-order chi connectivity index (χ0) is 15.2. The molecular weight excluding hydrogens is 287 g/mol. The molecule has 0 bridgehead atoms. The zero-order valence-electron chi connectivity index (χ0n) is 10.6. The minimum Gasteiger partial charge on any atom is -0.475 e. The standard InChI is InChI=1S/C14H10F3NO3/c15-14(16,17)11-10(13(19)20)21-12(18-11)9-6-8(9)7-4-2-1-3-5-7/h1-5,8-9H,6H2,(H,19,20). The van der Waals surface area contributed by atoms with Crippen LogP contribution in [0.15, 0.2) is 34.7 Å². The van der Waals surface area contributed by atoms with Crippen LogP contribution in [0.3, 0.4) is 0 Å². The summed E-state index contributed by atoms with van der Waals surface area (Å²) in [6.45, 7) is 0. The summed E-state index contributed by atoms with van der Waals surface area (Å²) in [5, 5.41) is 8.79. The van der Waals surface area contributed by atoms with Gasteiger partial charge in [0.15, 0.2) is 11.6 Å². The molecule has 0 spiro atoms. The summed E-state index contributed by atoms with van der Waals surface area (Å²) >= 11 is 0. The number of hydrogen-bond acceptors (Lipinski definition) is 3. The summed E-state index contributed by atoms with van der Waals surface area (Å²) in [6.07, 6.45) is -4.24. The Kier molecular flexibility index (Phi) is 3.00. The van der Waals surface area contributed by atoms with Crippen molar-refractivity contribution in [3.05, 3.63) is 53.2 Å². The lowest BCUT2D eigenvalue weighted by Crippen LogP contribution is -2.11. The quantitative estimate of drug-likeness (QED) is 0.939. The van der Waals surface area contributed by atoms with Crippen LogP contribution in [0.2, 0.25) is 0 Å². The number of oxazole rings is 1. The maximum Gasteiger partial charge on any atom is 0.437 e. The van der Waals surface area contributed by atoms with E-state index in [4.69, 9.17) is 9.52 Å². The molecule has 21 heavy (non-hydrogen) atoms. The second-order valence-electron chi connectivity index (χ2n) is 4.89. The number of hydrogen-bond donors (Lipinski definition) is 1. The summed E-state index contributed by atoms with van der Waals surface area (Å²) in [5.41, 5.74) is -0.491. The number of aromatic nitrogens is 1. The highest BCUT2D eigenvalue weighted by Crippen LogP contribution is 2.54. The number of carboxylic acids is 1. The highest BCUT2D eigenvalue weighted by atomic mass is 19.4. The second kappa shape index (κ2) is 4.61. The Bertz CT molecular complexity index is 679. The number of benzene rings is 1. The predicted molar refractivity (Wildman–Crippen MR) is 65.0 cm³/mol. The highest BCUT2D eigenvalue weighted by Gasteiger charge is 2.47. The van der Waals surface area contributed by atoms with E-state index in [0.717, 1.165) is 5.56 Å². The first-order valence-electron chi connectivity index (χ1n) is 6.24. The third-order valence-electron chi connectivity index (χ3n) is 3.44. The summed E-state index contributed by atoms with van der Waals surface area (Å²) < 4.78 is 43.1. The Labute approximate surface area is 117 Å². The lowest BCUT2D eigenvalue weighted by molar-refractivity contribution is -0.141. The van der Waals surface area contributed by atoms with Crippen molar-refractivity contribution in [2.45, 2.75) is 24.4 Å². The molecule has 1 aromatic carbocycles. The van der Waals surface area contributed by atoms with Crippen molar-refractivity contribution >= 4 is 5.97 Å². The van der Waals surface area contributed by atoms with Crippen LogP contribution in [-0.4, -0.2) is 16.1 Å². The topological polar surface area (TPSA) is 63.3 Å². The Morgan fingerprint density at radius 3 is 2.43 bits per heavy atom. The highest BCUT2D eigenvalue weighted by molar-refractivity contribution is 5.85. The van der Waals surface area contributed by atoms with Gasteiger partial charge in [-0.2, -0.15) is 13.2 Å². The van der Waals surface area contributed by atoms with Crippen LogP contribution in [0.5, 0.6) is 0 Å². The summed E-state index contributed by atoms with van der Waals surface area (Å²) in [5.74, 6) is -3.35. The molecule has 0 amide bonds. The van der Waals surface area contributed by atoms with Gasteiger partial charge < -0.3 is 9.52 Å². The van der Waals surface area contributed by atoms with Crippen LogP contribution in [-0.2, 0) is 6.18 Å².